The number of carbonyl (C=O) groups excluding carboxylic acids is 1. The number of ether oxygens (including phenoxy) is 2. The number of hydrogen-bond acceptors (Lipinski definition) is 8. The van der Waals surface area contributed by atoms with Crippen LogP contribution in [-0.4, -0.2) is 87.5 Å². The van der Waals surface area contributed by atoms with Crippen molar-refractivity contribution < 1.29 is 39.8 Å². The van der Waals surface area contributed by atoms with E-state index in [1.807, 2.05) is 6.08 Å². The molecule has 63 heavy (non-hydrogen) atoms. The Morgan fingerprint density at radius 3 is 1.52 bits per heavy atom. The molecule has 1 fully saturated rings. The van der Waals surface area contributed by atoms with Gasteiger partial charge in [0, 0.05) is 6.42 Å². The molecule has 6 N–H and O–H groups in total. The van der Waals surface area contributed by atoms with E-state index in [2.05, 4.69) is 104 Å². The van der Waals surface area contributed by atoms with Gasteiger partial charge in [-0.15, -0.1) is 0 Å². The van der Waals surface area contributed by atoms with Gasteiger partial charge in [0.25, 0.3) is 0 Å². The Balaban J connectivity index is 2.40. The maximum Gasteiger partial charge on any atom is 0.220 e. The average Bonchev–Trinajstić information content (AvgIpc) is 3.28. The van der Waals surface area contributed by atoms with Gasteiger partial charge in [0.1, 0.15) is 24.4 Å². The molecule has 360 valence electrons. The van der Waals surface area contributed by atoms with E-state index in [9.17, 15) is 30.3 Å². The highest BCUT2D eigenvalue weighted by Crippen LogP contribution is 2.22. The van der Waals surface area contributed by atoms with Gasteiger partial charge in [0.05, 0.1) is 25.4 Å². The van der Waals surface area contributed by atoms with Crippen LogP contribution in [0.25, 0.3) is 0 Å². The van der Waals surface area contributed by atoms with E-state index < -0.39 is 49.5 Å². The molecular weight excluding hydrogens is 791 g/mol. The molecule has 1 saturated heterocycles. The highest BCUT2D eigenvalue weighted by Gasteiger charge is 2.44. The van der Waals surface area contributed by atoms with Crippen molar-refractivity contribution in [1.29, 1.82) is 0 Å². The second-order valence-corrected chi connectivity index (χ2v) is 16.9. The summed E-state index contributed by atoms with van der Waals surface area (Å²) in [5.74, 6) is -0.226. The number of aliphatic hydroxyl groups is 5. The average molecular weight is 882 g/mol. The molecule has 0 aromatic carbocycles. The van der Waals surface area contributed by atoms with Crippen molar-refractivity contribution in [2.75, 3.05) is 13.2 Å². The molecule has 9 heteroatoms. The molecule has 1 heterocycles. The summed E-state index contributed by atoms with van der Waals surface area (Å²) in [6, 6.07) is -0.852. The van der Waals surface area contributed by atoms with E-state index in [0.717, 1.165) is 77.0 Å². The maximum atomic E-state index is 13.0. The molecule has 0 radical (unpaired) electrons. The van der Waals surface area contributed by atoms with Crippen LogP contribution < -0.4 is 5.32 Å². The van der Waals surface area contributed by atoms with Crippen LogP contribution in [0.15, 0.2) is 97.2 Å². The summed E-state index contributed by atoms with van der Waals surface area (Å²) in [4.78, 5) is 13.0. The third kappa shape index (κ3) is 33.3. The first-order valence-electron chi connectivity index (χ1n) is 25.0. The van der Waals surface area contributed by atoms with Crippen molar-refractivity contribution >= 4 is 5.91 Å². The lowest BCUT2D eigenvalue weighted by Crippen LogP contribution is -2.60. The maximum absolute atomic E-state index is 13.0. The number of aliphatic hydroxyl groups excluding tert-OH is 5. The van der Waals surface area contributed by atoms with E-state index in [-0.39, 0.29) is 18.9 Å². The van der Waals surface area contributed by atoms with E-state index in [1.54, 1.807) is 6.08 Å². The molecule has 9 nitrogen and oxygen atoms in total. The zero-order valence-corrected chi connectivity index (χ0v) is 39.5. The Kier molecular flexibility index (Phi) is 39.7. The van der Waals surface area contributed by atoms with Crippen LogP contribution in [0.4, 0.5) is 0 Å². The lowest BCUT2D eigenvalue weighted by atomic mass is 9.99. The molecule has 7 unspecified atom stereocenters. The molecule has 7 atom stereocenters. The Bertz CT molecular complexity index is 1300. The molecule has 0 bridgehead atoms. The van der Waals surface area contributed by atoms with Gasteiger partial charge >= 0.3 is 0 Å². The molecule has 1 aliphatic rings. The monoisotopic (exact) mass is 882 g/mol. The summed E-state index contributed by atoms with van der Waals surface area (Å²) in [5.41, 5.74) is 0. The summed E-state index contributed by atoms with van der Waals surface area (Å²) in [6.45, 7) is 3.61. The minimum absolute atomic E-state index is 0.226. The summed E-state index contributed by atoms with van der Waals surface area (Å²) in [5, 5.41) is 54.3. The Morgan fingerprint density at radius 2 is 1.00 bits per heavy atom. The van der Waals surface area contributed by atoms with Gasteiger partial charge in [-0.25, -0.2) is 0 Å². The van der Waals surface area contributed by atoms with E-state index >= 15 is 0 Å². The van der Waals surface area contributed by atoms with Crippen LogP contribution in [0, 0.1) is 0 Å². The van der Waals surface area contributed by atoms with E-state index in [4.69, 9.17) is 9.47 Å². The lowest BCUT2D eigenvalue weighted by Gasteiger charge is -2.40. The van der Waals surface area contributed by atoms with Gasteiger partial charge < -0.3 is 40.3 Å². The zero-order chi connectivity index (χ0) is 45.9. The molecule has 0 aromatic rings. The Labute approximate surface area is 383 Å². The summed E-state index contributed by atoms with van der Waals surface area (Å²) in [6.07, 6.45) is 54.5. The first kappa shape index (κ1) is 58.1. The second kappa shape index (κ2) is 43.0. The highest BCUT2D eigenvalue weighted by molar-refractivity contribution is 5.76. The fraction of sp³-hybridized carbons (Fsp3) is 0.685. The number of allylic oxidation sites excluding steroid dienone is 15. The fourth-order valence-corrected chi connectivity index (χ4v) is 7.15. The molecule has 1 aliphatic heterocycles. The van der Waals surface area contributed by atoms with Crippen LogP contribution >= 0.6 is 0 Å². The molecule has 0 spiro atoms. The van der Waals surface area contributed by atoms with Crippen LogP contribution in [0.5, 0.6) is 0 Å². The number of rotatable bonds is 40. The standard InChI is InChI=1S/C54H91NO8/c1-3-5-7-9-11-13-15-17-19-21-23-24-26-27-29-31-33-35-37-39-41-43-48(57)47(46-62-54-53(61)52(60)51(59)49(45-56)63-54)55-50(58)44-42-40-38-36-34-32-30-28-25-22-20-18-16-14-12-10-8-6-4-2/h6,8,12,14,18,20,25-28,32-35,41,43,47-49,51-54,56-57,59-61H,3-5,7,9-11,13,15-17,19,21-24,29-31,36-40,42,44-46H2,1-2H3,(H,55,58)/b8-6-,14-12-,20-18-,27-26+,28-25-,34-32-,35-33+,43-41+. The van der Waals surface area contributed by atoms with Crippen LogP contribution in [0.1, 0.15) is 181 Å². The summed E-state index contributed by atoms with van der Waals surface area (Å²) >= 11 is 0. The number of hydrogen-bond donors (Lipinski definition) is 6. The molecule has 0 aromatic heterocycles. The van der Waals surface area contributed by atoms with Gasteiger partial charge in [0.2, 0.25) is 5.91 Å². The van der Waals surface area contributed by atoms with Crippen molar-refractivity contribution in [2.45, 2.75) is 224 Å². The smallest absolute Gasteiger partial charge is 0.220 e. The Hall–Kier alpha value is -2.89. The minimum Gasteiger partial charge on any atom is -0.394 e. The van der Waals surface area contributed by atoms with Gasteiger partial charge in [-0.3, -0.25) is 4.79 Å². The van der Waals surface area contributed by atoms with Crippen LogP contribution in [-0.2, 0) is 14.3 Å². The van der Waals surface area contributed by atoms with Crippen LogP contribution in [0.3, 0.4) is 0 Å². The number of carbonyl (C=O) groups is 1. The van der Waals surface area contributed by atoms with Crippen molar-refractivity contribution in [3.63, 3.8) is 0 Å². The van der Waals surface area contributed by atoms with Crippen molar-refractivity contribution in [2.24, 2.45) is 0 Å². The SMILES string of the molecule is CC/C=C\C/C=C\C/C=C\C/C=C\C/C=C\CCCCCC(=O)NC(COC1OC(CO)C(O)C(O)C1O)C(O)/C=C/CC/C=C/CC/C=C/CCCCCCCCCCCCC. The molecule has 1 amide bonds. The van der Waals surface area contributed by atoms with Crippen molar-refractivity contribution in [3.8, 4) is 0 Å². The van der Waals surface area contributed by atoms with Crippen molar-refractivity contribution in [1.82, 2.24) is 5.32 Å². The predicted octanol–water partition coefficient (Wildman–Crippen LogP) is 11.3. The summed E-state index contributed by atoms with van der Waals surface area (Å²) in [7, 11) is 0. The fourth-order valence-electron chi connectivity index (χ4n) is 7.15. The van der Waals surface area contributed by atoms with Gasteiger partial charge in [-0.2, -0.15) is 0 Å². The minimum atomic E-state index is -1.59. The third-order valence-corrected chi connectivity index (χ3v) is 11.1. The molecular formula is C54H91NO8. The largest absolute Gasteiger partial charge is 0.394 e. The highest BCUT2D eigenvalue weighted by atomic mass is 16.7. The Morgan fingerprint density at radius 1 is 0.556 bits per heavy atom. The lowest BCUT2D eigenvalue weighted by molar-refractivity contribution is -0.302. The van der Waals surface area contributed by atoms with Crippen LogP contribution in [0.2, 0.25) is 0 Å². The number of unbranched alkanes of at least 4 members (excludes halogenated alkanes) is 16. The first-order chi connectivity index (χ1) is 30.8. The predicted molar refractivity (Wildman–Crippen MR) is 262 cm³/mol. The van der Waals surface area contributed by atoms with E-state index in [1.165, 1.54) is 70.6 Å². The van der Waals surface area contributed by atoms with Crippen molar-refractivity contribution in [3.05, 3.63) is 97.2 Å². The topological polar surface area (TPSA) is 149 Å². The molecule has 1 rings (SSSR count). The van der Waals surface area contributed by atoms with Gasteiger partial charge in [0.15, 0.2) is 6.29 Å². The van der Waals surface area contributed by atoms with Gasteiger partial charge in [-0.05, 0) is 89.9 Å². The first-order valence-corrected chi connectivity index (χ1v) is 25.0. The molecule has 0 aliphatic carbocycles. The van der Waals surface area contributed by atoms with Gasteiger partial charge in [-0.1, -0.05) is 182 Å². The normalized spacial score (nSPS) is 21.0. The summed E-state index contributed by atoms with van der Waals surface area (Å²) < 4.78 is 11.2. The quantitative estimate of drug-likeness (QED) is 0.0263. The third-order valence-electron chi connectivity index (χ3n) is 11.1. The zero-order valence-electron chi connectivity index (χ0n) is 39.5. The second-order valence-electron chi connectivity index (χ2n) is 16.9. The number of nitrogens with one attached hydrogen (secondary N) is 1. The number of amides is 1. The molecule has 0 saturated carbocycles. The van der Waals surface area contributed by atoms with E-state index in [0.29, 0.717) is 12.8 Å².